The molecule has 3 heterocycles. The number of piperidine rings is 2. The monoisotopic (exact) mass is 512 g/mol. The summed E-state index contributed by atoms with van der Waals surface area (Å²) in [7, 11) is 1.81. The van der Waals surface area contributed by atoms with Gasteiger partial charge in [-0.1, -0.05) is 47.5 Å². The van der Waals surface area contributed by atoms with E-state index in [0.717, 1.165) is 62.8 Å². The van der Waals surface area contributed by atoms with Crippen molar-refractivity contribution < 1.29 is 9.53 Å². The van der Waals surface area contributed by atoms with Gasteiger partial charge in [0.05, 0.1) is 33.4 Å². The van der Waals surface area contributed by atoms with Gasteiger partial charge in [0.25, 0.3) is 5.91 Å². The van der Waals surface area contributed by atoms with Gasteiger partial charge in [-0.05, 0) is 61.9 Å². The third-order valence-corrected chi connectivity index (χ3v) is 8.30. The molecule has 2 aliphatic heterocycles. The van der Waals surface area contributed by atoms with Crippen LogP contribution in [-0.2, 0) is 11.2 Å². The first kappa shape index (κ1) is 24.4. The zero-order valence-corrected chi connectivity index (χ0v) is 21.4. The molecule has 1 aromatic heterocycles. The van der Waals surface area contributed by atoms with Crippen LogP contribution in [0.25, 0.3) is 10.9 Å². The molecule has 0 N–H and O–H groups in total. The van der Waals surface area contributed by atoms with E-state index in [1.807, 2.05) is 48.4 Å². The molecule has 0 aliphatic carbocycles. The fourth-order valence-corrected chi connectivity index (χ4v) is 5.89. The Morgan fingerprint density at radius 3 is 2.63 bits per heavy atom. The number of benzene rings is 2. The van der Waals surface area contributed by atoms with Crippen LogP contribution >= 0.6 is 23.2 Å². The number of carbonyl (C=O) groups excluding carboxylic acids is 1. The largest absolute Gasteiger partial charge is 0.380 e. The molecule has 2 fully saturated rings. The summed E-state index contributed by atoms with van der Waals surface area (Å²) in [6.07, 6.45) is 5.72. The van der Waals surface area contributed by atoms with Gasteiger partial charge >= 0.3 is 0 Å². The fraction of sp³-hybridized carbons (Fsp3) is 0.444. The third-order valence-electron chi connectivity index (χ3n) is 7.56. The normalized spacial score (nSPS) is 22.0. The maximum absolute atomic E-state index is 13.3. The van der Waals surface area contributed by atoms with Gasteiger partial charge in [-0.3, -0.25) is 9.69 Å². The van der Waals surface area contributed by atoms with Crippen LogP contribution in [0.15, 0.2) is 48.7 Å². The number of hydrogen-bond acceptors (Lipinski definition) is 5. The number of nitrogens with zero attached hydrogens (tertiary/aromatic N) is 4. The molecule has 0 unspecified atom stereocenters. The summed E-state index contributed by atoms with van der Waals surface area (Å²) >= 11 is 12.3. The third kappa shape index (κ3) is 5.31. The Bertz CT molecular complexity index is 1190. The Labute approximate surface area is 216 Å². The van der Waals surface area contributed by atoms with E-state index in [0.29, 0.717) is 27.6 Å². The molecule has 8 heteroatoms. The number of carbonyl (C=O) groups is 1. The lowest BCUT2D eigenvalue weighted by Gasteiger charge is -2.44. The molecule has 184 valence electrons. The van der Waals surface area contributed by atoms with Crippen molar-refractivity contribution in [3.63, 3.8) is 0 Å². The molecule has 2 atom stereocenters. The number of ether oxygens (including phenoxy) is 1. The van der Waals surface area contributed by atoms with E-state index in [1.165, 1.54) is 5.56 Å². The molecule has 3 aromatic rings. The number of halogens is 2. The van der Waals surface area contributed by atoms with Gasteiger partial charge in [0.2, 0.25) is 0 Å². The fourth-order valence-electron chi connectivity index (χ4n) is 5.57. The number of rotatable bonds is 5. The van der Waals surface area contributed by atoms with Crippen molar-refractivity contribution in [1.29, 1.82) is 0 Å². The van der Waals surface area contributed by atoms with Crippen LogP contribution in [0, 0.1) is 5.92 Å². The van der Waals surface area contributed by atoms with Crippen molar-refractivity contribution in [2.45, 2.75) is 37.8 Å². The van der Waals surface area contributed by atoms with Crippen molar-refractivity contribution >= 4 is 40.0 Å². The first-order valence-electron chi connectivity index (χ1n) is 12.2. The van der Waals surface area contributed by atoms with Gasteiger partial charge in [-0.2, -0.15) is 10.2 Å². The highest BCUT2D eigenvalue weighted by atomic mass is 35.5. The molecule has 0 spiro atoms. The minimum atomic E-state index is 0.0460. The van der Waals surface area contributed by atoms with E-state index in [4.69, 9.17) is 27.9 Å². The standard InChI is InChI=1S/C27H30Cl2N4O2/c1-35-26-17-33(11-8-19(26)14-18-6-7-23(28)24(29)15-18)20-9-12-32(13-10-20)27(34)22-16-30-31-25-5-3-2-4-21(22)25/h2-7,15-16,19-20,26H,8-14,17H2,1H3/t19-,26-/m1/s1. The van der Waals surface area contributed by atoms with Crippen LogP contribution in [0.2, 0.25) is 10.0 Å². The van der Waals surface area contributed by atoms with Crippen molar-refractivity contribution in [3.8, 4) is 0 Å². The Morgan fingerprint density at radius 1 is 1.06 bits per heavy atom. The van der Waals surface area contributed by atoms with Gasteiger partial charge in [0.1, 0.15) is 0 Å². The van der Waals surface area contributed by atoms with Gasteiger partial charge < -0.3 is 9.64 Å². The first-order chi connectivity index (χ1) is 17.0. The summed E-state index contributed by atoms with van der Waals surface area (Å²) in [5, 5.41) is 10.3. The highest BCUT2D eigenvalue weighted by Crippen LogP contribution is 2.30. The summed E-state index contributed by atoms with van der Waals surface area (Å²) < 4.78 is 5.93. The molecule has 2 saturated heterocycles. The van der Waals surface area contributed by atoms with Gasteiger partial charge in [-0.15, -0.1) is 0 Å². The second-order valence-electron chi connectivity index (χ2n) is 9.57. The van der Waals surface area contributed by atoms with Crippen LogP contribution in [0.5, 0.6) is 0 Å². The van der Waals surface area contributed by atoms with Crippen LogP contribution < -0.4 is 0 Å². The highest BCUT2D eigenvalue weighted by molar-refractivity contribution is 6.42. The lowest BCUT2D eigenvalue weighted by molar-refractivity contribution is -0.0325. The molecule has 0 radical (unpaired) electrons. The molecule has 0 bridgehead atoms. The topological polar surface area (TPSA) is 58.6 Å². The Balaban J connectivity index is 1.18. The van der Waals surface area contributed by atoms with Crippen molar-refractivity contribution in [2.24, 2.45) is 5.92 Å². The first-order valence-corrected chi connectivity index (χ1v) is 13.0. The van der Waals surface area contributed by atoms with E-state index < -0.39 is 0 Å². The van der Waals surface area contributed by atoms with Crippen molar-refractivity contribution in [3.05, 3.63) is 69.8 Å². The SMILES string of the molecule is CO[C@@H]1CN(C2CCN(C(=O)c3cnnc4ccccc34)CC2)CC[C@@H]1Cc1ccc(Cl)c(Cl)c1. The second kappa shape index (κ2) is 10.8. The minimum Gasteiger partial charge on any atom is -0.380 e. The molecule has 2 aromatic carbocycles. The predicted molar refractivity (Wildman–Crippen MR) is 139 cm³/mol. The predicted octanol–water partition coefficient (Wildman–Crippen LogP) is 5.12. The lowest BCUT2D eigenvalue weighted by Crippen LogP contribution is -2.53. The summed E-state index contributed by atoms with van der Waals surface area (Å²) in [4.78, 5) is 17.8. The molecule has 1 amide bonds. The molecule has 5 rings (SSSR count). The Morgan fingerprint density at radius 2 is 1.86 bits per heavy atom. The highest BCUT2D eigenvalue weighted by Gasteiger charge is 2.35. The Hall–Kier alpha value is -2.25. The second-order valence-corrected chi connectivity index (χ2v) is 10.4. The van der Waals surface area contributed by atoms with E-state index in [9.17, 15) is 4.79 Å². The minimum absolute atomic E-state index is 0.0460. The summed E-state index contributed by atoms with van der Waals surface area (Å²) in [6.45, 7) is 3.46. The summed E-state index contributed by atoms with van der Waals surface area (Å²) in [6, 6.07) is 14.0. The number of aromatic nitrogens is 2. The number of hydrogen-bond donors (Lipinski definition) is 0. The van der Waals surface area contributed by atoms with E-state index >= 15 is 0 Å². The van der Waals surface area contributed by atoms with E-state index in [-0.39, 0.29) is 12.0 Å². The average molecular weight is 513 g/mol. The zero-order valence-electron chi connectivity index (χ0n) is 19.9. The van der Waals surface area contributed by atoms with Gasteiger partial charge in [0.15, 0.2) is 0 Å². The zero-order chi connectivity index (χ0) is 24.4. The molecular formula is C27H30Cl2N4O2. The lowest BCUT2D eigenvalue weighted by atomic mass is 9.86. The molecule has 2 aliphatic rings. The van der Waals surface area contributed by atoms with Crippen LogP contribution in [0.4, 0.5) is 0 Å². The molecule has 0 saturated carbocycles. The summed E-state index contributed by atoms with van der Waals surface area (Å²) in [5.41, 5.74) is 2.59. The maximum atomic E-state index is 13.3. The number of amides is 1. The van der Waals surface area contributed by atoms with Crippen molar-refractivity contribution in [2.75, 3.05) is 33.3 Å². The Kier molecular flexibility index (Phi) is 7.54. The van der Waals surface area contributed by atoms with E-state index in [2.05, 4.69) is 21.2 Å². The number of methoxy groups -OCH3 is 1. The van der Waals surface area contributed by atoms with E-state index in [1.54, 1.807) is 6.20 Å². The number of likely N-dealkylation sites (tertiary alicyclic amines) is 2. The van der Waals surface area contributed by atoms with Crippen molar-refractivity contribution in [1.82, 2.24) is 20.0 Å². The van der Waals surface area contributed by atoms with Crippen LogP contribution in [-0.4, -0.2) is 71.3 Å². The molecule has 6 nitrogen and oxygen atoms in total. The van der Waals surface area contributed by atoms with Crippen LogP contribution in [0.1, 0.15) is 35.2 Å². The quantitative estimate of drug-likeness (QED) is 0.474. The van der Waals surface area contributed by atoms with Crippen LogP contribution in [0.3, 0.4) is 0 Å². The smallest absolute Gasteiger partial charge is 0.256 e. The summed E-state index contributed by atoms with van der Waals surface area (Å²) in [5.74, 6) is 0.493. The molecular weight excluding hydrogens is 483 g/mol. The van der Waals surface area contributed by atoms with Gasteiger partial charge in [-0.25, -0.2) is 0 Å². The molecule has 35 heavy (non-hydrogen) atoms. The maximum Gasteiger partial charge on any atom is 0.256 e. The van der Waals surface area contributed by atoms with Gasteiger partial charge in [0, 0.05) is 38.2 Å². The number of fused-ring (bicyclic) bond motifs is 1. The average Bonchev–Trinajstić information content (AvgIpc) is 2.90.